The van der Waals surface area contributed by atoms with E-state index in [-0.39, 0.29) is 11.8 Å². The van der Waals surface area contributed by atoms with Crippen LogP contribution < -0.4 is 10.2 Å². The number of thioether (sulfide) groups is 1. The van der Waals surface area contributed by atoms with Gasteiger partial charge in [-0.05, 0) is 18.6 Å². The first-order chi connectivity index (χ1) is 11.1. The van der Waals surface area contributed by atoms with Crippen molar-refractivity contribution in [3.8, 4) is 0 Å². The highest BCUT2D eigenvalue weighted by molar-refractivity contribution is 7.99. The third-order valence-corrected chi connectivity index (χ3v) is 6.50. The maximum atomic E-state index is 12.5. The first kappa shape index (κ1) is 16.3. The lowest BCUT2D eigenvalue weighted by atomic mass is 10.0. The molecule has 0 aliphatic carbocycles. The Hall–Kier alpha value is -1.53. The molecule has 1 amide bonds. The summed E-state index contributed by atoms with van der Waals surface area (Å²) >= 11 is 3.47. The van der Waals surface area contributed by atoms with Crippen LogP contribution in [0.1, 0.15) is 22.1 Å². The lowest BCUT2D eigenvalue weighted by Gasteiger charge is -2.11. The number of fused-ring (bicyclic) bond motifs is 1. The number of carbonyl (C=O) groups is 1. The van der Waals surface area contributed by atoms with E-state index in [4.69, 9.17) is 0 Å². The van der Waals surface area contributed by atoms with E-state index in [1.54, 1.807) is 23.1 Å². The van der Waals surface area contributed by atoms with E-state index in [2.05, 4.69) is 22.4 Å². The van der Waals surface area contributed by atoms with Crippen LogP contribution in [-0.4, -0.2) is 37.3 Å². The zero-order valence-electron chi connectivity index (χ0n) is 13.6. The number of thiazole rings is 1. The van der Waals surface area contributed by atoms with Gasteiger partial charge >= 0.3 is 0 Å². The van der Waals surface area contributed by atoms with Crippen LogP contribution in [0.2, 0.25) is 0 Å². The van der Waals surface area contributed by atoms with Crippen molar-refractivity contribution in [2.75, 3.05) is 31.3 Å². The number of carbonyl (C=O) groups excluding carboxylic acids is 1. The van der Waals surface area contributed by atoms with Gasteiger partial charge in [0.25, 0.3) is 0 Å². The minimum Gasteiger partial charge on any atom is -0.355 e. The van der Waals surface area contributed by atoms with Gasteiger partial charge < -0.3 is 10.2 Å². The highest BCUT2D eigenvalue weighted by Gasteiger charge is 2.28. The van der Waals surface area contributed by atoms with Crippen LogP contribution >= 0.6 is 23.1 Å². The fourth-order valence-electron chi connectivity index (χ4n) is 2.64. The van der Waals surface area contributed by atoms with Crippen LogP contribution in [0.4, 0.5) is 5.13 Å². The van der Waals surface area contributed by atoms with Gasteiger partial charge in [-0.2, -0.15) is 0 Å². The summed E-state index contributed by atoms with van der Waals surface area (Å²) in [4.78, 5) is 21.5. The van der Waals surface area contributed by atoms with E-state index in [9.17, 15) is 4.79 Å². The second kappa shape index (κ2) is 6.93. The number of aryl methyl sites for hydroxylation is 1. The molecule has 3 rings (SSSR count). The lowest BCUT2D eigenvalue weighted by molar-refractivity contribution is -0.122. The third kappa shape index (κ3) is 3.53. The van der Waals surface area contributed by atoms with Crippen LogP contribution in [0.3, 0.4) is 0 Å². The van der Waals surface area contributed by atoms with Crippen molar-refractivity contribution in [3.63, 3.8) is 0 Å². The molecule has 0 saturated heterocycles. The SMILES string of the molecule is Cc1nc(N(C)C)sc1CCNC(=O)[C@H]1CSc2ccccc21. The van der Waals surface area contributed by atoms with Crippen molar-refractivity contribution in [2.45, 2.75) is 24.2 Å². The van der Waals surface area contributed by atoms with Crippen molar-refractivity contribution >= 4 is 34.1 Å². The molecule has 0 unspecified atom stereocenters. The molecule has 1 aromatic carbocycles. The first-order valence-electron chi connectivity index (χ1n) is 7.69. The Bertz CT molecular complexity index is 712. The Morgan fingerprint density at radius 1 is 1.39 bits per heavy atom. The van der Waals surface area contributed by atoms with Crippen LogP contribution in [-0.2, 0) is 11.2 Å². The second-order valence-corrected chi connectivity index (χ2v) is 7.97. The molecule has 0 spiro atoms. The van der Waals surface area contributed by atoms with E-state index in [1.807, 2.05) is 38.1 Å². The van der Waals surface area contributed by atoms with Crippen molar-refractivity contribution in [1.82, 2.24) is 10.3 Å². The Labute approximate surface area is 145 Å². The van der Waals surface area contributed by atoms with E-state index in [0.29, 0.717) is 6.54 Å². The molecule has 2 heterocycles. The quantitative estimate of drug-likeness (QED) is 0.903. The average Bonchev–Trinajstić information content (AvgIpc) is 3.11. The predicted molar refractivity (Wildman–Crippen MR) is 97.8 cm³/mol. The molecule has 1 aliphatic rings. The number of hydrogen-bond acceptors (Lipinski definition) is 5. The number of hydrogen-bond donors (Lipinski definition) is 1. The topological polar surface area (TPSA) is 45.2 Å². The number of nitrogens with one attached hydrogen (secondary N) is 1. The smallest absolute Gasteiger partial charge is 0.228 e. The van der Waals surface area contributed by atoms with Gasteiger partial charge in [-0.3, -0.25) is 4.79 Å². The summed E-state index contributed by atoms with van der Waals surface area (Å²) < 4.78 is 0. The number of anilines is 1. The van der Waals surface area contributed by atoms with E-state index in [1.165, 1.54) is 15.3 Å². The number of aromatic nitrogens is 1. The van der Waals surface area contributed by atoms with Crippen molar-refractivity contribution < 1.29 is 4.79 Å². The van der Waals surface area contributed by atoms with Crippen LogP contribution in [0.5, 0.6) is 0 Å². The summed E-state index contributed by atoms with van der Waals surface area (Å²) in [6.07, 6.45) is 0.838. The summed E-state index contributed by atoms with van der Waals surface area (Å²) in [6, 6.07) is 8.20. The molecule has 1 aromatic heterocycles. The van der Waals surface area contributed by atoms with E-state index < -0.39 is 0 Å². The van der Waals surface area contributed by atoms with Crippen molar-refractivity contribution in [3.05, 3.63) is 40.4 Å². The molecule has 0 fully saturated rings. The molecule has 0 bridgehead atoms. The summed E-state index contributed by atoms with van der Waals surface area (Å²) in [5.41, 5.74) is 2.23. The monoisotopic (exact) mass is 347 g/mol. The molecule has 1 atom stereocenters. The Morgan fingerprint density at radius 3 is 2.91 bits per heavy atom. The maximum absolute atomic E-state index is 12.5. The van der Waals surface area contributed by atoms with Gasteiger partial charge in [0.15, 0.2) is 5.13 Å². The molecule has 122 valence electrons. The molecule has 2 aromatic rings. The molecule has 6 heteroatoms. The number of benzene rings is 1. The summed E-state index contributed by atoms with van der Waals surface area (Å²) in [7, 11) is 4.00. The normalized spacial score (nSPS) is 16.2. The number of nitrogens with zero attached hydrogens (tertiary/aromatic N) is 2. The fraction of sp³-hybridized carbons (Fsp3) is 0.412. The highest BCUT2D eigenvalue weighted by atomic mass is 32.2. The van der Waals surface area contributed by atoms with Gasteiger partial charge in [0, 0.05) is 42.6 Å². The average molecular weight is 348 g/mol. The Morgan fingerprint density at radius 2 is 2.17 bits per heavy atom. The molecule has 0 saturated carbocycles. The van der Waals surface area contributed by atoms with Crippen molar-refractivity contribution in [1.29, 1.82) is 0 Å². The van der Waals surface area contributed by atoms with Crippen LogP contribution in [0, 0.1) is 6.92 Å². The zero-order valence-corrected chi connectivity index (χ0v) is 15.3. The van der Waals surface area contributed by atoms with Gasteiger partial charge in [0.2, 0.25) is 5.91 Å². The standard InChI is InChI=1S/C17H21N3OS2/c1-11-14(23-17(19-11)20(2)3)8-9-18-16(21)13-10-22-15-7-5-4-6-12(13)15/h4-7,13H,8-10H2,1-3H3,(H,18,21)/t13-/m0/s1. The molecular weight excluding hydrogens is 326 g/mol. The minimum absolute atomic E-state index is 0.0175. The minimum atomic E-state index is -0.0175. The maximum Gasteiger partial charge on any atom is 0.228 e. The largest absolute Gasteiger partial charge is 0.355 e. The molecule has 1 aliphatic heterocycles. The molecule has 23 heavy (non-hydrogen) atoms. The van der Waals surface area contributed by atoms with Crippen molar-refractivity contribution in [2.24, 2.45) is 0 Å². The van der Waals surface area contributed by atoms with Gasteiger partial charge in [-0.1, -0.05) is 18.2 Å². The van der Waals surface area contributed by atoms with E-state index >= 15 is 0 Å². The molecular formula is C17H21N3OS2. The zero-order chi connectivity index (χ0) is 16.4. The summed E-state index contributed by atoms with van der Waals surface area (Å²) in [5.74, 6) is 0.962. The number of amides is 1. The molecule has 4 nitrogen and oxygen atoms in total. The first-order valence-corrected chi connectivity index (χ1v) is 9.49. The third-order valence-electron chi connectivity index (χ3n) is 3.93. The Kier molecular flexibility index (Phi) is 4.92. The number of rotatable bonds is 5. The van der Waals surface area contributed by atoms with E-state index in [0.717, 1.165) is 23.0 Å². The molecule has 0 radical (unpaired) electrons. The fourth-order valence-corrected chi connectivity index (χ4v) is 4.85. The second-order valence-electron chi connectivity index (χ2n) is 5.84. The van der Waals surface area contributed by atoms with Gasteiger partial charge in [0.05, 0.1) is 11.6 Å². The van der Waals surface area contributed by atoms with Crippen LogP contribution in [0.25, 0.3) is 0 Å². The van der Waals surface area contributed by atoms with Crippen LogP contribution in [0.15, 0.2) is 29.2 Å². The summed E-state index contributed by atoms with van der Waals surface area (Å²) in [6.45, 7) is 2.70. The van der Waals surface area contributed by atoms with Gasteiger partial charge in [-0.25, -0.2) is 4.98 Å². The Balaban J connectivity index is 1.56. The lowest BCUT2D eigenvalue weighted by Crippen LogP contribution is -2.31. The summed E-state index contributed by atoms with van der Waals surface area (Å²) in [5, 5.41) is 4.11. The highest BCUT2D eigenvalue weighted by Crippen LogP contribution is 2.39. The molecule has 1 N–H and O–H groups in total. The van der Waals surface area contributed by atoms with Gasteiger partial charge in [0.1, 0.15) is 0 Å². The predicted octanol–water partition coefficient (Wildman–Crippen LogP) is 3.07. The van der Waals surface area contributed by atoms with Gasteiger partial charge in [-0.15, -0.1) is 23.1 Å².